The highest BCUT2D eigenvalue weighted by Gasteiger charge is 2.50. The monoisotopic (exact) mass is 398 g/mol. The first-order valence-corrected chi connectivity index (χ1v) is 9.77. The van der Waals surface area contributed by atoms with Crippen molar-refractivity contribution in [3.8, 4) is 11.5 Å². The average Bonchev–Trinajstić information content (AvgIpc) is 2.94. The van der Waals surface area contributed by atoms with Gasteiger partial charge in [0.05, 0.1) is 12.1 Å². The van der Waals surface area contributed by atoms with E-state index in [4.69, 9.17) is 9.47 Å². The number of aromatic hydroxyl groups is 2. The molecular formula is C22H26N2O5. The first-order chi connectivity index (χ1) is 13.8. The second-order valence-corrected chi connectivity index (χ2v) is 8.14. The molecule has 2 fully saturated rings. The number of carbonyl (C=O) groups excluding carboxylic acids is 1. The Balaban J connectivity index is 1.59. The minimum absolute atomic E-state index is 0.203. The van der Waals surface area contributed by atoms with Gasteiger partial charge in [-0.2, -0.15) is 0 Å². The van der Waals surface area contributed by atoms with Crippen LogP contribution in [0.2, 0.25) is 0 Å². The smallest absolute Gasteiger partial charge is 0.315 e. The lowest BCUT2D eigenvalue weighted by Crippen LogP contribution is -2.47. The number of fused-ring (bicyclic) bond motifs is 1. The van der Waals surface area contributed by atoms with E-state index < -0.39 is 5.79 Å². The van der Waals surface area contributed by atoms with Gasteiger partial charge in [0.25, 0.3) is 0 Å². The standard InChI is InChI=1S/C22H26N2O5/c1-22(2)28-19-17(11-13-3-7-15(25)8-4-13)23-21(27)24-18(20(19)29-22)12-14-5-9-16(26)10-6-14/h3-10,17-20,25-26H,11-12H2,1-2H3,(H2,23,24,27)/t17-,18-,19+,20+/m1/s1. The van der Waals surface area contributed by atoms with Crippen LogP contribution in [0.1, 0.15) is 25.0 Å². The summed E-state index contributed by atoms with van der Waals surface area (Å²) in [5.41, 5.74) is 1.97. The minimum Gasteiger partial charge on any atom is -0.508 e. The maximum absolute atomic E-state index is 12.6. The molecule has 0 saturated carbocycles. The molecule has 2 aliphatic rings. The van der Waals surface area contributed by atoms with Crippen LogP contribution in [-0.2, 0) is 22.3 Å². The third kappa shape index (κ3) is 4.46. The molecule has 7 heteroatoms. The molecule has 2 aliphatic heterocycles. The first-order valence-electron chi connectivity index (χ1n) is 9.77. The zero-order valence-electron chi connectivity index (χ0n) is 16.5. The Labute approximate surface area is 169 Å². The van der Waals surface area contributed by atoms with Crippen LogP contribution >= 0.6 is 0 Å². The van der Waals surface area contributed by atoms with Crippen molar-refractivity contribution in [1.82, 2.24) is 10.6 Å². The first kappa shape index (κ1) is 19.5. The summed E-state index contributed by atoms with van der Waals surface area (Å²) in [6.07, 6.45) is 0.445. The molecule has 0 aliphatic carbocycles. The number of carbonyl (C=O) groups is 1. The molecule has 2 aromatic rings. The van der Waals surface area contributed by atoms with Crippen LogP contribution in [0.5, 0.6) is 11.5 Å². The van der Waals surface area contributed by atoms with Crippen LogP contribution in [0.4, 0.5) is 4.79 Å². The number of phenols is 2. The van der Waals surface area contributed by atoms with Crippen LogP contribution in [0.25, 0.3) is 0 Å². The number of hydrogen-bond acceptors (Lipinski definition) is 5. The number of phenolic OH excluding ortho intramolecular Hbond substituents is 2. The summed E-state index contributed by atoms with van der Waals surface area (Å²) in [5.74, 6) is -0.359. The van der Waals surface area contributed by atoms with Crippen molar-refractivity contribution in [3.05, 3.63) is 59.7 Å². The van der Waals surface area contributed by atoms with Gasteiger partial charge in [0.15, 0.2) is 5.79 Å². The second-order valence-electron chi connectivity index (χ2n) is 8.14. The van der Waals surface area contributed by atoms with Gasteiger partial charge >= 0.3 is 6.03 Å². The third-order valence-corrected chi connectivity index (χ3v) is 5.37. The molecule has 0 unspecified atom stereocenters. The molecule has 0 radical (unpaired) electrons. The van der Waals surface area contributed by atoms with Crippen molar-refractivity contribution in [2.75, 3.05) is 0 Å². The number of benzene rings is 2. The van der Waals surface area contributed by atoms with E-state index in [-0.39, 0.29) is 41.8 Å². The Hall–Kier alpha value is -2.77. The molecule has 154 valence electrons. The fourth-order valence-electron chi connectivity index (χ4n) is 4.09. The fourth-order valence-corrected chi connectivity index (χ4v) is 4.09. The Morgan fingerprint density at radius 2 is 1.17 bits per heavy atom. The van der Waals surface area contributed by atoms with Crippen LogP contribution in [0.3, 0.4) is 0 Å². The highest BCUT2D eigenvalue weighted by atomic mass is 16.8. The molecule has 0 aromatic heterocycles. The van der Waals surface area contributed by atoms with Gasteiger partial charge in [-0.15, -0.1) is 0 Å². The molecule has 4 atom stereocenters. The van der Waals surface area contributed by atoms with Crippen LogP contribution in [0.15, 0.2) is 48.5 Å². The lowest BCUT2D eigenvalue weighted by Gasteiger charge is -2.26. The Kier molecular flexibility index (Phi) is 5.10. The fraction of sp³-hybridized carbons (Fsp3) is 0.409. The van der Waals surface area contributed by atoms with Gasteiger partial charge in [-0.25, -0.2) is 4.79 Å². The van der Waals surface area contributed by atoms with E-state index in [1.54, 1.807) is 24.3 Å². The normalized spacial score (nSPS) is 28.1. The van der Waals surface area contributed by atoms with Gasteiger partial charge in [0, 0.05) is 0 Å². The van der Waals surface area contributed by atoms with Crippen LogP contribution in [0, 0.1) is 0 Å². The van der Waals surface area contributed by atoms with Crippen molar-refractivity contribution < 1.29 is 24.5 Å². The number of urea groups is 1. The van der Waals surface area contributed by atoms with Gasteiger partial charge < -0.3 is 30.3 Å². The highest BCUT2D eigenvalue weighted by molar-refractivity contribution is 5.75. The van der Waals surface area contributed by atoms with Gasteiger partial charge in [-0.1, -0.05) is 24.3 Å². The lowest BCUT2D eigenvalue weighted by atomic mass is 9.92. The third-order valence-electron chi connectivity index (χ3n) is 5.37. The predicted molar refractivity (Wildman–Crippen MR) is 107 cm³/mol. The molecule has 0 spiro atoms. The van der Waals surface area contributed by atoms with E-state index in [0.717, 1.165) is 11.1 Å². The van der Waals surface area contributed by atoms with Crippen LogP contribution < -0.4 is 10.6 Å². The average molecular weight is 398 g/mol. The number of ether oxygens (including phenoxy) is 2. The predicted octanol–water partition coefficient (Wildman–Crippen LogP) is 2.45. The molecule has 4 rings (SSSR count). The highest BCUT2D eigenvalue weighted by Crippen LogP contribution is 2.34. The zero-order valence-corrected chi connectivity index (χ0v) is 16.5. The summed E-state index contributed by atoms with van der Waals surface area (Å²) in [6, 6.07) is 13.0. The van der Waals surface area contributed by atoms with E-state index in [9.17, 15) is 15.0 Å². The summed E-state index contributed by atoms with van der Waals surface area (Å²) in [5, 5.41) is 25.1. The molecule has 2 amide bonds. The van der Waals surface area contributed by atoms with E-state index in [2.05, 4.69) is 10.6 Å². The van der Waals surface area contributed by atoms with Crippen molar-refractivity contribution in [2.45, 2.75) is 56.8 Å². The minimum atomic E-state index is -0.764. The molecule has 7 nitrogen and oxygen atoms in total. The van der Waals surface area contributed by atoms with Gasteiger partial charge in [-0.3, -0.25) is 0 Å². The van der Waals surface area contributed by atoms with Crippen molar-refractivity contribution in [1.29, 1.82) is 0 Å². The SMILES string of the molecule is CC1(C)O[C@@H]2[C@@H](O1)[C@@H](Cc1ccc(O)cc1)NC(=O)N[C@@H]2Cc1ccc(O)cc1. The van der Waals surface area contributed by atoms with Gasteiger partial charge in [0.1, 0.15) is 23.7 Å². The lowest BCUT2D eigenvalue weighted by molar-refractivity contribution is -0.150. The van der Waals surface area contributed by atoms with Crippen molar-refractivity contribution in [3.63, 3.8) is 0 Å². The molecule has 2 aromatic carbocycles. The summed E-state index contributed by atoms with van der Waals surface area (Å²) >= 11 is 0. The summed E-state index contributed by atoms with van der Waals surface area (Å²) < 4.78 is 12.4. The van der Waals surface area contributed by atoms with E-state index >= 15 is 0 Å². The summed E-state index contributed by atoms with van der Waals surface area (Å²) in [4.78, 5) is 12.6. The zero-order chi connectivity index (χ0) is 20.6. The largest absolute Gasteiger partial charge is 0.508 e. The molecule has 0 bridgehead atoms. The maximum atomic E-state index is 12.6. The summed E-state index contributed by atoms with van der Waals surface area (Å²) in [6.45, 7) is 3.75. The van der Waals surface area contributed by atoms with Crippen molar-refractivity contribution in [2.24, 2.45) is 0 Å². The number of hydrogen-bond donors (Lipinski definition) is 4. The molecule has 2 heterocycles. The van der Waals surface area contributed by atoms with Crippen molar-refractivity contribution >= 4 is 6.03 Å². The number of amides is 2. The molecule has 29 heavy (non-hydrogen) atoms. The number of rotatable bonds is 4. The topological polar surface area (TPSA) is 100 Å². The second kappa shape index (κ2) is 7.57. The quantitative estimate of drug-likeness (QED) is 0.634. The molecule has 2 saturated heterocycles. The molecule has 4 N–H and O–H groups in total. The Morgan fingerprint density at radius 3 is 1.55 bits per heavy atom. The van der Waals surface area contributed by atoms with E-state index in [1.807, 2.05) is 38.1 Å². The Bertz CT molecular complexity index is 796. The van der Waals surface area contributed by atoms with Gasteiger partial charge in [-0.05, 0) is 62.1 Å². The van der Waals surface area contributed by atoms with Gasteiger partial charge in [0.2, 0.25) is 0 Å². The van der Waals surface area contributed by atoms with E-state index in [0.29, 0.717) is 12.8 Å². The van der Waals surface area contributed by atoms with Crippen LogP contribution in [-0.4, -0.2) is 46.3 Å². The maximum Gasteiger partial charge on any atom is 0.315 e. The Morgan fingerprint density at radius 1 is 0.793 bits per heavy atom. The summed E-state index contributed by atoms with van der Waals surface area (Å²) in [7, 11) is 0. The van der Waals surface area contributed by atoms with E-state index in [1.165, 1.54) is 0 Å². The molecular weight excluding hydrogens is 372 g/mol. The number of nitrogens with one attached hydrogen (secondary N) is 2.